The van der Waals surface area contributed by atoms with Crippen LogP contribution in [0.3, 0.4) is 0 Å². The topological polar surface area (TPSA) is 44.4 Å². The Morgan fingerprint density at radius 2 is 2.24 bits per heavy atom. The van der Waals surface area contributed by atoms with Gasteiger partial charge in [0.25, 0.3) is 0 Å². The number of likely N-dealkylation sites (tertiary alicyclic amines) is 1. The summed E-state index contributed by atoms with van der Waals surface area (Å²) in [5, 5.41) is 6.15. The van der Waals surface area contributed by atoms with E-state index in [2.05, 4.69) is 22.5 Å². The average molecular weight is 239 g/mol. The van der Waals surface area contributed by atoms with E-state index in [1.807, 2.05) is 0 Å². The van der Waals surface area contributed by atoms with Crippen molar-refractivity contribution in [1.29, 1.82) is 0 Å². The number of piperidine rings is 1. The van der Waals surface area contributed by atoms with Crippen molar-refractivity contribution < 1.29 is 4.79 Å². The maximum absolute atomic E-state index is 11.6. The standard InChI is InChI=1S/C13H25N3O/c1-11-5-2-3-7-16(11)8-4-6-15-13(17)12-9-14-10-12/h11-12,14H,2-10H2,1H3,(H,15,17). The lowest BCUT2D eigenvalue weighted by Gasteiger charge is -2.33. The van der Waals surface area contributed by atoms with Gasteiger partial charge in [-0.3, -0.25) is 4.79 Å². The molecule has 2 N–H and O–H groups in total. The van der Waals surface area contributed by atoms with Gasteiger partial charge in [0.05, 0.1) is 5.92 Å². The van der Waals surface area contributed by atoms with Gasteiger partial charge in [0.15, 0.2) is 0 Å². The third-order valence-corrected chi connectivity index (χ3v) is 4.01. The molecule has 2 saturated heterocycles. The lowest BCUT2D eigenvalue weighted by atomic mass is 10.0. The first-order valence-corrected chi connectivity index (χ1v) is 7.00. The normalized spacial score (nSPS) is 26.5. The van der Waals surface area contributed by atoms with Crippen LogP contribution in [-0.2, 0) is 4.79 Å². The van der Waals surface area contributed by atoms with Gasteiger partial charge in [-0.1, -0.05) is 6.42 Å². The molecule has 1 amide bonds. The van der Waals surface area contributed by atoms with Crippen LogP contribution in [0.25, 0.3) is 0 Å². The largest absolute Gasteiger partial charge is 0.356 e. The highest BCUT2D eigenvalue weighted by Gasteiger charge is 2.24. The minimum Gasteiger partial charge on any atom is -0.356 e. The molecule has 0 aromatic carbocycles. The summed E-state index contributed by atoms with van der Waals surface area (Å²) in [6, 6.07) is 0.732. The molecule has 0 aliphatic carbocycles. The fraction of sp³-hybridized carbons (Fsp3) is 0.923. The summed E-state index contributed by atoms with van der Waals surface area (Å²) in [5.74, 6) is 0.458. The molecular weight excluding hydrogens is 214 g/mol. The number of hydrogen-bond acceptors (Lipinski definition) is 3. The first kappa shape index (κ1) is 12.8. The predicted octanol–water partition coefficient (Wildman–Crippen LogP) is 0.587. The quantitative estimate of drug-likeness (QED) is 0.690. The Balaban J connectivity index is 1.54. The summed E-state index contributed by atoms with van der Waals surface area (Å²) in [6.45, 7) is 7.23. The number of nitrogens with one attached hydrogen (secondary N) is 2. The van der Waals surface area contributed by atoms with Crippen LogP contribution in [0.1, 0.15) is 32.6 Å². The van der Waals surface area contributed by atoms with Gasteiger partial charge in [-0.15, -0.1) is 0 Å². The van der Waals surface area contributed by atoms with E-state index >= 15 is 0 Å². The summed E-state index contributed by atoms with van der Waals surface area (Å²) in [6.07, 6.45) is 5.13. The van der Waals surface area contributed by atoms with Gasteiger partial charge in [0.2, 0.25) is 5.91 Å². The molecule has 0 bridgehead atoms. The van der Waals surface area contributed by atoms with E-state index in [0.29, 0.717) is 0 Å². The predicted molar refractivity (Wildman–Crippen MR) is 68.9 cm³/mol. The van der Waals surface area contributed by atoms with Crippen LogP contribution in [0.2, 0.25) is 0 Å². The molecule has 4 nitrogen and oxygen atoms in total. The Morgan fingerprint density at radius 3 is 2.88 bits per heavy atom. The van der Waals surface area contributed by atoms with Crippen molar-refractivity contribution in [3.8, 4) is 0 Å². The summed E-state index contributed by atoms with van der Waals surface area (Å²) < 4.78 is 0. The molecule has 0 spiro atoms. The van der Waals surface area contributed by atoms with E-state index in [0.717, 1.165) is 38.6 Å². The molecule has 4 heteroatoms. The third-order valence-electron chi connectivity index (χ3n) is 4.01. The Bertz CT molecular complexity index is 253. The fourth-order valence-corrected chi connectivity index (χ4v) is 2.60. The molecule has 2 fully saturated rings. The Morgan fingerprint density at radius 1 is 1.41 bits per heavy atom. The van der Waals surface area contributed by atoms with Crippen LogP contribution in [-0.4, -0.2) is 49.6 Å². The van der Waals surface area contributed by atoms with Crippen LogP contribution in [0.4, 0.5) is 0 Å². The second kappa shape index (κ2) is 6.36. The Kier molecular flexibility index (Phi) is 4.80. The lowest BCUT2D eigenvalue weighted by molar-refractivity contribution is -0.126. The van der Waals surface area contributed by atoms with Crippen LogP contribution in [0.15, 0.2) is 0 Å². The van der Waals surface area contributed by atoms with Crippen LogP contribution >= 0.6 is 0 Å². The van der Waals surface area contributed by atoms with Crippen molar-refractivity contribution in [3.63, 3.8) is 0 Å². The van der Waals surface area contributed by atoms with Gasteiger partial charge in [0.1, 0.15) is 0 Å². The summed E-state index contributed by atoms with van der Waals surface area (Å²) in [4.78, 5) is 14.1. The maximum Gasteiger partial charge on any atom is 0.225 e. The highest BCUT2D eigenvalue weighted by atomic mass is 16.2. The zero-order chi connectivity index (χ0) is 12.1. The van der Waals surface area contributed by atoms with Crippen molar-refractivity contribution in [3.05, 3.63) is 0 Å². The molecule has 1 atom stereocenters. The molecular formula is C13H25N3O. The fourth-order valence-electron chi connectivity index (χ4n) is 2.60. The molecule has 2 rings (SSSR count). The molecule has 2 aliphatic heterocycles. The molecule has 2 aliphatic rings. The van der Waals surface area contributed by atoms with Crippen molar-refractivity contribution in [2.75, 3.05) is 32.7 Å². The highest BCUT2D eigenvalue weighted by molar-refractivity contribution is 5.79. The Hall–Kier alpha value is -0.610. The van der Waals surface area contributed by atoms with Gasteiger partial charge in [0, 0.05) is 32.2 Å². The smallest absolute Gasteiger partial charge is 0.225 e. The second-order valence-electron chi connectivity index (χ2n) is 5.38. The summed E-state index contributed by atoms with van der Waals surface area (Å²) in [7, 11) is 0. The molecule has 2 heterocycles. The Labute approximate surface area is 104 Å². The van der Waals surface area contributed by atoms with Crippen molar-refractivity contribution in [1.82, 2.24) is 15.5 Å². The van der Waals surface area contributed by atoms with Crippen LogP contribution in [0, 0.1) is 5.92 Å². The van der Waals surface area contributed by atoms with E-state index in [-0.39, 0.29) is 11.8 Å². The van der Waals surface area contributed by atoms with E-state index in [1.165, 1.54) is 25.8 Å². The molecule has 17 heavy (non-hydrogen) atoms. The molecule has 0 aromatic heterocycles. The zero-order valence-corrected chi connectivity index (χ0v) is 10.9. The molecule has 0 aromatic rings. The first-order chi connectivity index (χ1) is 8.27. The van der Waals surface area contributed by atoms with Gasteiger partial charge in [-0.05, 0) is 32.7 Å². The number of hydrogen-bond donors (Lipinski definition) is 2. The van der Waals surface area contributed by atoms with Crippen molar-refractivity contribution in [2.24, 2.45) is 5.92 Å². The molecule has 1 unspecified atom stereocenters. The van der Waals surface area contributed by atoms with Gasteiger partial charge in [-0.2, -0.15) is 0 Å². The summed E-state index contributed by atoms with van der Waals surface area (Å²) in [5.41, 5.74) is 0. The number of amides is 1. The maximum atomic E-state index is 11.6. The van der Waals surface area contributed by atoms with Gasteiger partial charge in [-0.25, -0.2) is 0 Å². The number of carbonyl (C=O) groups is 1. The van der Waals surface area contributed by atoms with Crippen LogP contribution in [0.5, 0.6) is 0 Å². The summed E-state index contributed by atoms with van der Waals surface area (Å²) >= 11 is 0. The molecule has 0 radical (unpaired) electrons. The van der Waals surface area contributed by atoms with Crippen molar-refractivity contribution in [2.45, 2.75) is 38.6 Å². The van der Waals surface area contributed by atoms with Gasteiger partial charge < -0.3 is 15.5 Å². The lowest BCUT2D eigenvalue weighted by Crippen LogP contribution is -2.51. The van der Waals surface area contributed by atoms with Crippen molar-refractivity contribution >= 4 is 5.91 Å². The number of carbonyl (C=O) groups excluding carboxylic acids is 1. The van der Waals surface area contributed by atoms with Gasteiger partial charge >= 0.3 is 0 Å². The minimum absolute atomic E-state index is 0.226. The molecule has 98 valence electrons. The second-order valence-corrected chi connectivity index (χ2v) is 5.38. The van der Waals surface area contributed by atoms with E-state index in [9.17, 15) is 4.79 Å². The zero-order valence-electron chi connectivity index (χ0n) is 10.9. The minimum atomic E-state index is 0.226. The van der Waals surface area contributed by atoms with E-state index in [1.54, 1.807) is 0 Å². The third kappa shape index (κ3) is 3.68. The average Bonchev–Trinajstić information content (AvgIpc) is 2.24. The SMILES string of the molecule is CC1CCCCN1CCCNC(=O)C1CNC1. The monoisotopic (exact) mass is 239 g/mol. The highest BCUT2D eigenvalue weighted by Crippen LogP contribution is 2.16. The van der Waals surface area contributed by atoms with Crippen LogP contribution < -0.4 is 10.6 Å². The first-order valence-electron chi connectivity index (χ1n) is 7.00. The molecule has 0 saturated carbocycles. The van der Waals surface area contributed by atoms with E-state index in [4.69, 9.17) is 0 Å². The number of rotatable bonds is 5. The van der Waals surface area contributed by atoms with E-state index < -0.39 is 0 Å². The number of nitrogens with zero attached hydrogens (tertiary/aromatic N) is 1.